The number of nitrogens with one attached hydrogen (secondary N) is 1. The van der Waals surface area contributed by atoms with Crippen molar-refractivity contribution in [2.75, 3.05) is 0 Å². The summed E-state index contributed by atoms with van der Waals surface area (Å²) in [6.07, 6.45) is 5.68. The van der Waals surface area contributed by atoms with Gasteiger partial charge in [-0.1, -0.05) is 60.7 Å². The van der Waals surface area contributed by atoms with Crippen LogP contribution in [0.25, 0.3) is 22.4 Å². The van der Waals surface area contributed by atoms with E-state index in [-0.39, 0.29) is 11.5 Å². The Morgan fingerprint density at radius 3 is 2.33 bits per heavy atom. The van der Waals surface area contributed by atoms with Crippen molar-refractivity contribution in [1.82, 2.24) is 14.9 Å². The second-order valence-corrected chi connectivity index (χ2v) is 9.93. The van der Waals surface area contributed by atoms with Gasteiger partial charge in [-0.25, -0.2) is 9.78 Å². The van der Waals surface area contributed by atoms with Crippen molar-refractivity contribution >= 4 is 46.1 Å². The van der Waals surface area contributed by atoms with E-state index in [2.05, 4.69) is 9.88 Å². The van der Waals surface area contributed by atoms with Crippen LogP contribution in [0.4, 0.5) is 0 Å². The van der Waals surface area contributed by atoms with E-state index in [0.29, 0.717) is 33.7 Å². The van der Waals surface area contributed by atoms with Crippen molar-refractivity contribution in [2.45, 2.75) is 44.7 Å². The second kappa shape index (κ2) is 10.3. The van der Waals surface area contributed by atoms with Gasteiger partial charge in [0.15, 0.2) is 0 Å². The lowest BCUT2D eigenvalue weighted by molar-refractivity contribution is 0.0696. The molecule has 1 saturated carbocycles. The first-order valence-electron chi connectivity index (χ1n) is 12.0. The molecule has 36 heavy (non-hydrogen) atoms. The van der Waals surface area contributed by atoms with Gasteiger partial charge in [0.1, 0.15) is 5.82 Å². The SMILES string of the molecule is O=C(O)c1ccc2c(c1)nc(-c1ccc(C(=O)NCc3ccc(Cl)c(Cl)c3)cc1)n2C1CCCCC1. The summed E-state index contributed by atoms with van der Waals surface area (Å²) in [6, 6.07) is 18.1. The third-order valence-electron chi connectivity index (χ3n) is 6.72. The fourth-order valence-electron chi connectivity index (χ4n) is 4.85. The highest BCUT2D eigenvalue weighted by Gasteiger charge is 2.23. The van der Waals surface area contributed by atoms with E-state index >= 15 is 0 Å². The molecule has 1 fully saturated rings. The summed E-state index contributed by atoms with van der Waals surface area (Å²) < 4.78 is 2.25. The van der Waals surface area contributed by atoms with Gasteiger partial charge in [-0.3, -0.25) is 4.79 Å². The van der Waals surface area contributed by atoms with Gasteiger partial charge in [-0.15, -0.1) is 0 Å². The Morgan fingerprint density at radius 1 is 0.917 bits per heavy atom. The molecule has 0 atom stereocenters. The Morgan fingerprint density at radius 2 is 1.64 bits per heavy atom. The maximum Gasteiger partial charge on any atom is 0.335 e. The maximum atomic E-state index is 12.7. The summed E-state index contributed by atoms with van der Waals surface area (Å²) in [7, 11) is 0. The number of carboxylic acid groups (broad SMARTS) is 1. The standard InChI is InChI=1S/C28H25Cl2N3O3/c29-22-12-6-17(14-23(22)30)16-31-27(34)19-9-7-18(8-10-19)26-32-24-15-20(28(35)36)11-13-25(24)33(26)21-4-2-1-3-5-21/h6-15,21H,1-5,16H2,(H,31,34)(H,35,36). The molecule has 1 aliphatic carbocycles. The van der Waals surface area contributed by atoms with Crippen LogP contribution in [0.5, 0.6) is 0 Å². The number of aromatic carboxylic acids is 1. The van der Waals surface area contributed by atoms with Gasteiger partial charge < -0.3 is 15.0 Å². The van der Waals surface area contributed by atoms with Crippen molar-refractivity contribution in [3.05, 3.63) is 87.4 Å². The number of rotatable bonds is 6. The van der Waals surface area contributed by atoms with Crippen molar-refractivity contribution in [2.24, 2.45) is 0 Å². The Kier molecular flexibility index (Phi) is 6.99. The molecule has 6 nitrogen and oxygen atoms in total. The molecular formula is C28H25Cl2N3O3. The molecule has 4 aromatic rings. The lowest BCUT2D eigenvalue weighted by Gasteiger charge is -2.25. The summed E-state index contributed by atoms with van der Waals surface area (Å²) in [5.41, 5.74) is 4.10. The number of fused-ring (bicyclic) bond motifs is 1. The summed E-state index contributed by atoms with van der Waals surface area (Å²) in [4.78, 5) is 29.1. The van der Waals surface area contributed by atoms with Crippen LogP contribution in [-0.4, -0.2) is 26.5 Å². The maximum absolute atomic E-state index is 12.7. The molecule has 1 aromatic heterocycles. The fraction of sp³-hybridized carbons (Fsp3) is 0.250. The van der Waals surface area contributed by atoms with Crippen LogP contribution in [-0.2, 0) is 6.54 Å². The zero-order chi connectivity index (χ0) is 25.2. The van der Waals surface area contributed by atoms with Gasteiger partial charge in [0.05, 0.1) is 26.6 Å². The molecule has 184 valence electrons. The molecule has 1 amide bonds. The lowest BCUT2D eigenvalue weighted by atomic mass is 9.94. The third-order valence-corrected chi connectivity index (χ3v) is 7.46. The van der Waals surface area contributed by atoms with Crippen molar-refractivity contribution in [3.8, 4) is 11.4 Å². The van der Waals surface area contributed by atoms with Gasteiger partial charge in [-0.05, 0) is 60.9 Å². The minimum absolute atomic E-state index is 0.195. The molecule has 8 heteroatoms. The number of aromatic nitrogens is 2. The first-order valence-corrected chi connectivity index (χ1v) is 12.7. The van der Waals surface area contributed by atoms with Crippen molar-refractivity contribution in [3.63, 3.8) is 0 Å². The van der Waals surface area contributed by atoms with Gasteiger partial charge >= 0.3 is 5.97 Å². The average molecular weight is 522 g/mol. The molecule has 0 unspecified atom stereocenters. The number of nitrogens with zero attached hydrogens (tertiary/aromatic N) is 2. The highest BCUT2D eigenvalue weighted by atomic mass is 35.5. The van der Waals surface area contributed by atoms with Crippen LogP contribution < -0.4 is 5.32 Å². The molecule has 0 bridgehead atoms. The van der Waals surface area contributed by atoms with Crippen LogP contribution >= 0.6 is 23.2 Å². The predicted molar refractivity (Wildman–Crippen MR) is 142 cm³/mol. The predicted octanol–water partition coefficient (Wildman–Crippen LogP) is 7.14. The van der Waals surface area contributed by atoms with Crippen LogP contribution in [0.2, 0.25) is 10.0 Å². The number of amides is 1. The van der Waals surface area contributed by atoms with Gasteiger partial charge in [0, 0.05) is 23.7 Å². The molecule has 0 aliphatic heterocycles. The molecule has 0 spiro atoms. The number of hydrogen-bond donors (Lipinski definition) is 2. The molecule has 1 aliphatic rings. The molecule has 1 heterocycles. The van der Waals surface area contributed by atoms with Gasteiger partial charge in [0.2, 0.25) is 0 Å². The lowest BCUT2D eigenvalue weighted by Crippen LogP contribution is -2.22. The largest absolute Gasteiger partial charge is 0.478 e. The number of halogens is 2. The van der Waals surface area contributed by atoms with Gasteiger partial charge in [-0.2, -0.15) is 0 Å². The normalized spacial score (nSPS) is 14.2. The topological polar surface area (TPSA) is 84.2 Å². The Hall–Kier alpha value is -3.35. The Labute approximate surface area is 218 Å². The first-order chi connectivity index (χ1) is 17.4. The van der Waals surface area contributed by atoms with E-state index in [1.165, 1.54) is 6.42 Å². The van der Waals surface area contributed by atoms with Crippen molar-refractivity contribution < 1.29 is 14.7 Å². The Balaban J connectivity index is 1.42. The van der Waals surface area contributed by atoms with Crippen LogP contribution in [0, 0.1) is 0 Å². The molecular weight excluding hydrogens is 497 g/mol. The van der Waals surface area contributed by atoms with E-state index in [4.69, 9.17) is 28.2 Å². The monoisotopic (exact) mass is 521 g/mol. The minimum atomic E-state index is -0.970. The first kappa shape index (κ1) is 24.3. The van der Waals surface area contributed by atoms with E-state index in [0.717, 1.165) is 48.2 Å². The molecule has 0 saturated heterocycles. The smallest absolute Gasteiger partial charge is 0.335 e. The molecule has 0 radical (unpaired) electrons. The number of carbonyl (C=O) groups is 2. The number of carbonyl (C=O) groups excluding carboxylic acids is 1. The van der Waals surface area contributed by atoms with Crippen LogP contribution in [0.1, 0.15) is 64.4 Å². The molecule has 2 N–H and O–H groups in total. The van der Waals surface area contributed by atoms with Crippen molar-refractivity contribution in [1.29, 1.82) is 0 Å². The summed E-state index contributed by atoms with van der Waals surface area (Å²) in [6.45, 7) is 0.334. The fourth-order valence-corrected chi connectivity index (χ4v) is 5.17. The summed E-state index contributed by atoms with van der Waals surface area (Å²) in [5.74, 6) is -0.372. The number of imidazole rings is 1. The third kappa shape index (κ3) is 4.97. The average Bonchev–Trinajstić information content (AvgIpc) is 3.28. The van der Waals surface area contributed by atoms with E-state index in [9.17, 15) is 14.7 Å². The highest BCUT2D eigenvalue weighted by molar-refractivity contribution is 6.42. The van der Waals surface area contributed by atoms with E-state index in [1.54, 1.807) is 36.4 Å². The second-order valence-electron chi connectivity index (χ2n) is 9.11. The summed E-state index contributed by atoms with van der Waals surface area (Å²) >= 11 is 12.0. The molecule has 3 aromatic carbocycles. The summed E-state index contributed by atoms with van der Waals surface area (Å²) in [5, 5.41) is 13.3. The zero-order valence-corrected chi connectivity index (χ0v) is 21.0. The number of carboxylic acids is 1. The Bertz CT molecular complexity index is 1440. The van der Waals surface area contributed by atoms with E-state index in [1.807, 2.05) is 24.3 Å². The highest BCUT2D eigenvalue weighted by Crippen LogP contribution is 2.36. The van der Waals surface area contributed by atoms with Crippen LogP contribution in [0.15, 0.2) is 60.7 Å². The van der Waals surface area contributed by atoms with Gasteiger partial charge in [0.25, 0.3) is 5.91 Å². The minimum Gasteiger partial charge on any atom is -0.478 e. The number of hydrogen-bond acceptors (Lipinski definition) is 3. The van der Waals surface area contributed by atoms with E-state index < -0.39 is 5.97 Å². The molecule has 5 rings (SSSR count). The van der Waals surface area contributed by atoms with Crippen LogP contribution in [0.3, 0.4) is 0 Å². The quantitative estimate of drug-likeness (QED) is 0.282. The number of benzene rings is 3. The zero-order valence-electron chi connectivity index (χ0n) is 19.5.